The van der Waals surface area contributed by atoms with Gasteiger partial charge in [-0.05, 0) is 31.9 Å². The van der Waals surface area contributed by atoms with Gasteiger partial charge in [0.25, 0.3) is 5.56 Å². The molecule has 27 heavy (non-hydrogen) atoms. The third-order valence-corrected chi connectivity index (χ3v) is 7.43. The van der Waals surface area contributed by atoms with Gasteiger partial charge in [-0.1, -0.05) is 18.0 Å². The molecule has 3 rings (SSSR count). The standard InChI is InChI=1S/C18H22ClN3O4S/c1-11-14(18(24)22(2)20-11)17(23)12-7-8-13(26-3)16(15(12)19)21-27(25)9-5-4-6-10-27/h7-8,20H,4-6,9-10H2,1-3H3. The van der Waals surface area contributed by atoms with Gasteiger partial charge in [-0.15, -0.1) is 0 Å². The number of ketones is 1. The molecule has 0 bridgehead atoms. The van der Waals surface area contributed by atoms with Crippen molar-refractivity contribution in [2.45, 2.75) is 26.2 Å². The molecule has 1 fully saturated rings. The van der Waals surface area contributed by atoms with Gasteiger partial charge in [-0.3, -0.25) is 19.4 Å². The number of nitrogens with one attached hydrogen (secondary N) is 1. The van der Waals surface area contributed by atoms with E-state index < -0.39 is 21.1 Å². The van der Waals surface area contributed by atoms with Gasteiger partial charge in [-0.25, -0.2) is 4.21 Å². The SMILES string of the molecule is COc1ccc(C(=O)c2c(C)[nH]n(C)c2=O)c(Cl)c1N=S1(=O)CCCCC1. The summed E-state index contributed by atoms with van der Waals surface area (Å²) in [7, 11) is 0.562. The van der Waals surface area contributed by atoms with Crippen molar-refractivity contribution in [3.8, 4) is 5.75 Å². The molecule has 0 unspecified atom stereocenters. The molecule has 0 aliphatic carbocycles. The number of aromatic amines is 1. The maximum atomic E-state index is 13.0. The summed E-state index contributed by atoms with van der Waals surface area (Å²) in [6.45, 7) is 1.65. The van der Waals surface area contributed by atoms with Crippen LogP contribution in [0.3, 0.4) is 0 Å². The summed E-state index contributed by atoms with van der Waals surface area (Å²) in [5, 5.41) is 2.85. The third-order valence-electron chi connectivity index (χ3n) is 4.68. The second-order valence-electron chi connectivity index (χ2n) is 6.62. The molecule has 1 aliphatic heterocycles. The fourth-order valence-corrected chi connectivity index (χ4v) is 5.80. The van der Waals surface area contributed by atoms with Gasteiger partial charge in [0.2, 0.25) is 5.78 Å². The molecule has 1 aromatic heterocycles. The lowest BCUT2D eigenvalue weighted by Gasteiger charge is -2.17. The Balaban J connectivity index is 2.17. The molecule has 146 valence electrons. The maximum Gasteiger partial charge on any atom is 0.277 e. The summed E-state index contributed by atoms with van der Waals surface area (Å²) in [6.07, 6.45) is 2.73. The molecule has 9 heteroatoms. The minimum absolute atomic E-state index is 0.0253. The molecule has 1 saturated heterocycles. The predicted molar refractivity (Wildman–Crippen MR) is 106 cm³/mol. The van der Waals surface area contributed by atoms with Gasteiger partial charge in [0, 0.05) is 29.8 Å². The fraction of sp³-hybridized carbons (Fsp3) is 0.444. The van der Waals surface area contributed by atoms with Crippen LogP contribution in [0.4, 0.5) is 5.69 Å². The summed E-state index contributed by atoms with van der Waals surface area (Å²) in [5.74, 6) is 0.852. The monoisotopic (exact) mass is 411 g/mol. The van der Waals surface area contributed by atoms with Crippen LogP contribution in [0.2, 0.25) is 5.02 Å². The first-order chi connectivity index (χ1) is 12.8. The number of aryl methyl sites for hydroxylation is 2. The molecule has 0 spiro atoms. The molecule has 0 radical (unpaired) electrons. The van der Waals surface area contributed by atoms with Crippen molar-refractivity contribution in [2.75, 3.05) is 18.6 Å². The molecule has 1 N–H and O–H groups in total. The van der Waals surface area contributed by atoms with E-state index in [1.165, 1.54) is 24.9 Å². The summed E-state index contributed by atoms with van der Waals surface area (Å²) in [6, 6.07) is 3.07. The van der Waals surface area contributed by atoms with E-state index in [0.29, 0.717) is 22.9 Å². The van der Waals surface area contributed by atoms with Crippen LogP contribution in [0, 0.1) is 6.92 Å². The number of hydrogen-bond donors (Lipinski definition) is 1. The average molecular weight is 412 g/mol. The topological polar surface area (TPSA) is 93.5 Å². The Morgan fingerprint density at radius 1 is 1.30 bits per heavy atom. The van der Waals surface area contributed by atoms with Gasteiger partial charge in [0.05, 0.1) is 21.9 Å². The number of hydrogen-bond acceptors (Lipinski definition) is 5. The van der Waals surface area contributed by atoms with E-state index in [2.05, 4.69) is 9.46 Å². The molecule has 0 amide bonds. The number of aromatic nitrogens is 2. The largest absolute Gasteiger partial charge is 0.494 e. The lowest BCUT2D eigenvalue weighted by atomic mass is 10.0. The fourth-order valence-electron chi connectivity index (χ4n) is 3.25. The smallest absolute Gasteiger partial charge is 0.277 e. The highest BCUT2D eigenvalue weighted by atomic mass is 35.5. The number of carbonyl (C=O) groups is 1. The van der Waals surface area contributed by atoms with Gasteiger partial charge in [0.1, 0.15) is 17.0 Å². The van der Waals surface area contributed by atoms with Crippen LogP contribution in [0.5, 0.6) is 5.75 Å². The Hall–Kier alpha value is -2.06. The Kier molecular flexibility index (Phi) is 5.48. The molecule has 2 aromatic rings. The molecule has 0 saturated carbocycles. The average Bonchev–Trinajstić information content (AvgIpc) is 2.88. The lowest BCUT2D eigenvalue weighted by molar-refractivity contribution is 0.103. The summed E-state index contributed by atoms with van der Waals surface area (Å²) < 4.78 is 24.0. The van der Waals surface area contributed by atoms with E-state index in [9.17, 15) is 13.8 Å². The molecule has 7 nitrogen and oxygen atoms in total. The normalized spacial score (nSPS) is 16.1. The van der Waals surface area contributed by atoms with Crippen molar-refractivity contribution in [1.29, 1.82) is 0 Å². The number of halogens is 1. The van der Waals surface area contributed by atoms with E-state index in [4.69, 9.17) is 16.3 Å². The lowest BCUT2D eigenvalue weighted by Crippen LogP contribution is -2.20. The highest BCUT2D eigenvalue weighted by Crippen LogP contribution is 2.40. The van der Waals surface area contributed by atoms with E-state index >= 15 is 0 Å². The van der Waals surface area contributed by atoms with E-state index in [1.807, 2.05) is 0 Å². The molecule has 1 aliphatic rings. The Morgan fingerprint density at radius 3 is 2.52 bits per heavy atom. The van der Waals surface area contributed by atoms with Crippen molar-refractivity contribution in [1.82, 2.24) is 9.78 Å². The summed E-state index contributed by atoms with van der Waals surface area (Å²) in [5.41, 5.74) is 0.395. The van der Waals surface area contributed by atoms with Crippen molar-refractivity contribution in [2.24, 2.45) is 11.4 Å². The molecular formula is C18H22ClN3O4S. The summed E-state index contributed by atoms with van der Waals surface area (Å²) in [4.78, 5) is 25.2. The second-order valence-corrected chi connectivity index (χ2v) is 9.54. The van der Waals surface area contributed by atoms with Gasteiger partial charge >= 0.3 is 0 Å². The molecular weight excluding hydrogens is 390 g/mol. The van der Waals surface area contributed by atoms with E-state index in [-0.39, 0.29) is 21.8 Å². The minimum atomic E-state index is -2.44. The number of ether oxygens (including phenoxy) is 1. The van der Waals surface area contributed by atoms with Crippen molar-refractivity contribution < 1.29 is 13.7 Å². The van der Waals surface area contributed by atoms with Crippen LogP contribution < -0.4 is 10.3 Å². The second kappa shape index (κ2) is 7.52. The van der Waals surface area contributed by atoms with Crippen LogP contribution in [0.25, 0.3) is 0 Å². The zero-order chi connectivity index (χ0) is 19.8. The number of carbonyl (C=O) groups excluding carboxylic acids is 1. The zero-order valence-electron chi connectivity index (χ0n) is 15.5. The Bertz CT molecular complexity index is 1070. The molecule has 0 atom stereocenters. The maximum absolute atomic E-state index is 13.0. The van der Waals surface area contributed by atoms with E-state index in [0.717, 1.165) is 19.3 Å². The van der Waals surface area contributed by atoms with Crippen LogP contribution >= 0.6 is 11.6 Å². The first-order valence-electron chi connectivity index (χ1n) is 8.66. The van der Waals surface area contributed by atoms with Gasteiger partial charge < -0.3 is 4.74 Å². The van der Waals surface area contributed by atoms with Crippen LogP contribution in [0.1, 0.15) is 40.9 Å². The number of benzene rings is 1. The number of nitrogens with zero attached hydrogens (tertiary/aromatic N) is 2. The minimum Gasteiger partial charge on any atom is -0.494 e. The third kappa shape index (κ3) is 3.68. The van der Waals surface area contributed by atoms with Gasteiger partial charge in [0.15, 0.2) is 0 Å². The summed E-state index contributed by atoms with van der Waals surface area (Å²) >= 11 is 6.49. The van der Waals surface area contributed by atoms with Gasteiger partial charge in [-0.2, -0.15) is 4.36 Å². The first-order valence-corrected chi connectivity index (χ1v) is 10.9. The molecule has 1 aromatic carbocycles. The number of rotatable bonds is 4. The Morgan fingerprint density at radius 2 is 1.96 bits per heavy atom. The van der Waals surface area contributed by atoms with E-state index in [1.54, 1.807) is 13.0 Å². The van der Waals surface area contributed by atoms with Crippen LogP contribution in [-0.4, -0.2) is 38.4 Å². The van der Waals surface area contributed by atoms with Crippen molar-refractivity contribution in [3.63, 3.8) is 0 Å². The van der Waals surface area contributed by atoms with Crippen molar-refractivity contribution >= 4 is 32.8 Å². The number of methoxy groups -OCH3 is 1. The Labute approximate surface area is 162 Å². The quantitative estimate of drug-likeness (QED) is 0.781. The number of H-pyrrole nitrogens is 1. The predicted octanol–water partition coefficient (Wildman–Crippen LogP) is 3.20. The zero-order valence-corrected chi connectivity index (χ0v) is 17.1. The molecule has 2 heterocycles. The first kappa shape index (κ1) is 19.7. The van der Waals surface area contributed by atoms with Crippen LogP contribution in [-0.2, 0) is 16.8 Å². The van der Waals surface area contributed by atoms with Crippen molar-refractivity contribution in [3.05, 3.63) is 44.3 Å². The van der Waals surface area contributed by atoms with Crippen LogP contribution in [0.15, 0.2) is 21.3 Å². The highest BCUT2D eigenvalue weighted by Gasteiger charge is 2.25. The highest BCUT2D eigenvalue weighted by molar-refractivity contribution is 7.93.